The summed E-state index contributed by atoms with van der Waals surface area (Å²) in [6.45, 7) is 3.52. The van der Waals surface area contributed by atoms with E-state index < -0.39 is 5.97 Å². The third-order valence-corrected chi connectivity index (χ3v) is 2.16. The lowest BCUT2D eigenvalue weighted by molar-refractivity contribution is -0.138. The number of rotatable bonds is 6. The van der Waals surface area contributed by atoms with E-state index in [1.165, 1.54) is 0 Å². The molecule has 0 aliphatic heterocycles. The van der Waals surface area contributed by atoms with Crippen LogP contribution < -0.4 is 0 Å². The molecule has 5 nitrogen and oxygen atoms in total. The Hall–Kier alpha value is -1.80. The van der Waals surface area contributed by atoms with Gasteiger partial charge in [-0.3, -0.25) is 14.4 Å². The highest BCUT2D eigenvalue weighted by atomic mass is 16.4. The van der Waals surface area contributed by atoms with Gasteiger partial charge in [-0.15, -0.1) is 6.42 Å². The molecule has 0 bridgehead atoms. The second-order valence-corrected chi connectivity index (χ2v) is 3.38. The van der Waals surface area contributed by atoms with Gasteiger partial charge in [0.15, 0.2) is 0 Å². The van der Waals surface area contributed by atoms with E-state index in [1.807, 2.05) is 17.7 Å². The molecule has 0 spiro atoms. The zero-order chi connectivity index (χ0) is 12.0. The maximum Gasteiger partial charge on any atom is 0.317 e. The molecule has 1 N–H and O–H groups in total. The van der Waals surface area contributed by atoms with Crippen LogP contribution in [0.4, 0.5) is 0 Å². The van der Waals surface area contributed by atoms with Gasteiger partial charge in [0.25, 0.3) is 0 Å². The van der Waals surface area contributed by atoms with E-state index in [4.69, 9.17) is 11.5 Å². The highest BCUT2D eigenvalue weighted by Gasteiger charge is 2.11. The Bertz CT molecular complexity index is 392. The average molecular weight is 221 g/mol. The van der Waals surface area contributed by atoms with Crippen LogP contribution in [0.25, 0.3) is 0 Å². The molecule has 1 aromatic heterocycles. The largest absolute Gasteiger partial charge is 0.480 e. The Morgan fingerprint density at radius 3 is 3.06 bits per heavy atom. The highest BCUT2D eigenvalue weighted by molar-refractivity contribution is 5.69. The minimum atomic E-state index is -0.877. The number of carbonyl (C=O) groups is 1. The highest BCUT2D eigenvalue weighted by Crippen LogP contribution is 2.04. The molecule has 0 saturated heterocycles. The van der Waals surface area contributed by atoms with Crippen LogP contribution in [0.3, 0.4) is 0 Å². The molecule has 0 aliphatic carbocycles. The van der Waals surface area contributed by atoms with Gasteiger partial charge in [-0.1, -0.05) is 5.92 Å². The lowest BCUT2D eigenvalue weighted by Crippen LogP contribution is -2.30. The number of carboxylic acids is 1. The van der Waals surface area contributed by atoms with E-state index in [2.05, 4.69) is 11.0 Å². The molecule has 0 saturated carbocycles. The fraction of sp³-hybridized carbons (Fsp3) is 0.455. The predicted octanol–water partition coefficient (Wildman–Crippen LogP) is 0.423. The van der Waals surface area contributed by atoms with Crippen molar-refractivity contribution in [1.29, 1.82) is 0 Å². The molecule has 0 radical (unpaired) electrons. The molecule has 1 rings (SSSR count). The molecule has 0 fully saturated rings. The van der Waals surface area contributed by atoms with Gasteiger partial charge in [-0.25, -0.2) is 0 Å². The van der Waals surface area contributed by atoms with Crippen molar-refractivity contribution in [2.24, 2.45) is 0 Å². The number of carboxylic acid groups (broad SMARTS) is 1. The van der Waals surface area contributed by atoms with Gasteiger partial charge in [-0.05, 0) is 13.0 Å². The molecular formula is C11H15N3O2. The Morgan fingerprint density at radius 2 is 2.50 bits per heavy atom. The smallest absolute Gasteiger partial charge is 0.317 e. The average Bonchev–Trinajstić information content (AvgIpc) is 2.64. The normalized spacial score (nSPS) is 10.3. The molecule has 16 heavy (non-hydrogen) atoms. The first-order chi connectivity index (χ1) is 7.67. The van der Waals surface area contributed by atoms with Gasteiger partial charge < -0.3 is 5.11 Å². The number of aliphatic carboxylic acids is 1. The lowest BCUT2D eigenvalue weighted by atomic mass is 10.3. The summed E-state index contributed by atoms with van der Waals surface area (Å²) in [5.74, 6) is 1.58. The van der Waals surface area contributed by atoms with Crippen LogP contribution in [0, 0.1) is 12.3 Å². The molecule has 0 unspecified atom stereocenters. The molecule has 0 aliphatic rings. The first-order valence-corrected chi connectivity index (χ1v) is 5.05. The number of aromatic nitrogens is 2. The fourth-order valence-electron chi connectivity index (χ4n) is 1.50. The van der Waals surface area contributed by atoms with E-state index in [0.717, 1.165) is 12.2 Å². The van der Waals surface area contributed by atoms with Crippen molar-refractivity contribution in [3.05, 3.63) is 18.0 Å². The van der Waals surface area contributed by atoms with Crippen LogP contribution in [0.1, 0.15) is 12.6 Å². The van der Waals surface area contributed by atoms with E-state index in [-0.39, 0.29) is 6.54 Å². The predicted molar refractivity (Wildman–Crippen MR) is 59.6 cm³/mol. The quantitative estimate of drug-likeness (QED) is 0.707. The molecule has 1 aromatic rings. The topological polar surface area (TPSA) is 58.4 Å². The van der Waals surface area contributed by atoms with Crippen molar-refractivity contribution in [2.45, 2.75) is 20.0 Å². The summed E-state index contributed by atoms with van der Waals surface area (Å²) in [5.41, 5.74) is 0.971. The van der Waals surface area contributed by atoms with Gasteiger partial charge in [0.2, 0.25) is 0 Å². The summed E-state index contributed by atoms with van der Waals surface area (Å²) < 4.78 is 1.82. The minimum absolute atomic E-state index is 0.0565. The van der Waals surface area contributed by atoms with Crippen LogP contribution in [-0.4, -0.2) is 38.8 Å². The van der Waals surface area contributed by atoms with Crippen molar-refractivity contribution in [3.63, 3.8) is 0 Å². The Kier molecular flexibility index (Phi) is 4.55. The van der Waals surface area contributed by atoms with Crippen molar-refractivity contribution in [1.82, 2.24) is 14.7 Å². The maximum absolute atomic E-state index is 10.6. The SMILES string of the molecule is C#CCN(CC(=O)O)Cc1ccnn1CC. The van der Waals surface area contributed by atoms with Crippen LogP contribution in [0.5, 0.6) is 0 Å². The molecule has 5 heteroatoms. The Labute approximate surface area is 94.7 Å². The van der Waals surface area contributed by atoms with Gasteiger partial charge in [-0.2, -0.15) is 5.10 Å². The van der Waals surface area contributed by atoms with Crippen molar-refractivity contribution >= 4 is 5.97 Å². The molecular weight excluding hydrogens is 206 g/mol. The van der Waals surface area contributed by atoms with Crippen LogP contribution >= 0.6 is 0 Å². The molecule has 0 aromatic carbocycles. The summed E-state index contributed by atoms with van der Waals surface area (Å²) >= 11 is 0. The van der Waals surface area contributed by atoms with Crippen LogP contribution in [0.15, 0.2) is 12.3 Å². The molecule has 1 heterocycles. The first kappa shape index (κ1) is 12.3. The van der Waals surface area contributed by atoms with E-state index >= 15 is 0 Å². The standard InChI is InChI=1S/C11H15N3O2/c1-3-7-13(9-11(15)16)8-10-5-6-12-14(10)4-2/h1,5-6H,4,7-9H2,2H3,(H,15,16). The summed E-state index contributed by atoms with van der Waals surface area (Å²) in [4.78, 5) is 12.3. The zero-order valence-electron chi connectivity index (χ0n) is 9.26. The Balaban J connectivity index is 2.67. The fourth-order valence-corrected chi connectivity index (χ4v) is 1.50. The van der Waals surface area contributed by atoms with E-state index in [1.54, 1.807) is 11.1 Å². The van der Waals surface area contributed by atoms with Gasteiger partial charge in [0.05, 0.1) is 18.8 Å². The summed E-state index contributed by atoms with van der Waals surface area (Å²) in [7, 11) is 0. The number of aryl methyl sites for hydroxylation is 1. The molecule has 0 amide bonds. The zero-order valence-corrected chi connectivity index (χ0v) is 9.26. The van der Waals surface area contributed by atoms with Crippen molar-refractivity contribution in [3.8, 4) is 12.3 Å². The van der Waals surface area contributed by atoms with Crippen molar-refractivity contribution < 1.29 is 9.90 Å². The second kappa shape index (κ2) is 5.93. The van der Waals surface area contributed by atoms with Gasteiger partial charge in [0, 0.05) is 19.3 Å². The van der Waals surface area contributed by atoms with Gasteiger partial charge >= 0.3 is 5.97 Å². The number of nitrogens with zero attached hydrogens (tertiary/aromatic N) is 3. The number of hydrogen-bond donors (Lipinski definition) is 1. The van der Waals surface area contributed by atoms with E-state index in [9.17, 15) is 4.79 Å². The first-order valence-electron chi connectivity index (χ1n) is 5.05. The minimum Gasteiger partial charge on any atom is -0.480 e. The number of terminal acetylenes is 1. The third kappa shape index (κ3) is 3.41. The number of hydrogen-bond acceptors (Lipinski definition) is 3. The third-order valence-electron chi connectivity index (χ3n) is 2.16. The van der Waals surface area contributed by atoms with Crippen LogP contribution in [-0.2, 0) is 17.9 Å². The maximum atomic E-state index is 10.6. The summed E-state index contributed by atoms with van der Waals surface area (Å²) in [5, 5.41) is 12.9. The monoisotopic (exact) mass is 221 g/mol. The van der Waals surface area contributed by atoms with Crippen molar-refractivity contribution in [2.75, 3.05) is 13.1 Å². The summed E-state index contributed by atoms with van der Waals surface area (Å²) in [6.07, 6.45) is 6.90. The molecule has 86 valence electrons. The second-order valence-electron chi connectivity index (χ2n) is 3.38. The van der Waals surface area contributed by atoms with Gasteiger partial charge in [0.1, 0.15) is 0 Å². The molecule has 0 atom stereocenters. The lowest BCUT2D eigenvalue weighted by Gasteiger charge is -2.17. The van der Waals surface area contributed by atoms with Crippen LogP contribution in [0.2, 0.25) is 0 Å². The van der Waals surface area contributed by atoms with E-state index in [0.29, 0.717) is 13.1 Å². The Morgan fingerprint density at radius 1 is 1.75 bits per heavy atom. The summed E-state index contributed by atoms with van der Waals surface area (Å²) in [6, 6.07) is 1.87.